The third kappa shape index (κ3) is 4.70. The number of aryl methyl sites for hydroxylation is 2. The monoisotopic (exact) mass is 369 g/mol. The molecule has 0 fully saturated rings. The lowest BCUT2D eigenvalue weighted by Crippen LogP contribution is -2.26. The Morgan fingerprint density at radius 3 is 2.50 bits per heavy atom. The second-order valence-electron chi connectivity index (χ2n) is 6.25. The minimum Gasteiger partial charge on any atom is -0.341 e. The topological polar surface area (TPSA) is 59.2 Å². The fourth-order valence-corrected chi connectivity index (χ4v) is 2.66. The summed E-state index contributed by atoms with van der Waals surface area (Å²) in [5.74, 6) is 0.987. The highest BCUT2D eigenvalue weighted by Gasteiger charge is 2.13. The lowest BCUT2D eigenvalue weighted by atomic mass is 10.1. The van der Waals surface area contributed by atoms with Gasteiger partial charge in [0.15, 0.2) is 0 Å². The maximum atomic E-state index is 12.3. The van der Waals surface area contributed by atoms with Gasteiger partial charge < -0.3 is 9.42 Å². The molecule has 1 aromatic heterocycles. The van der Waals surface area contributed by atoms with Gasteiger partial charge in [-0.2, -0.15) is 4.98 Å². The van der Waals surface area contributed by atoms with Crippen molar-refractivity contribution in [3.05, 3.63) is 70.6 Å². The van der Waals surface area contributed by atoms with E-state index in [1.807, 2.05) is 43.3 Å². The van der Waals surface area contributed by atoms with Gasteiger partial charge in [0.1, 0.15) is 0 Å². The molecular formula is C20H20ClN3O2. The van der Waals surface area contributed by atoms with Crippen molar-refractivity contribution in [1.82, 2.24) is 15.0 Å². The van der Waals surface area contributed by atoms with E-state index in [1.165, 1.54) is 5.56 Å². The van der Waals surface area contributed by atoms with Crippen molar-refractivity contribution in [1.29, 1.82) is 0 Å². The Kier molecular flexibility index (Phi) is 5.68. The van der Waals surface area contributed by atoms with Crippen LogP contribution in [0.1, 0.15) is 23.4 Å². The molecule has 0 aliphatic rings. The van der Waals surface area contributed by atoms with Crippen LogP contribution >= 0.6 is 11.6 Å². The van der Waals surface area contributed by atoms with Crippen LogP contribution in [0, 0.1) is 6.92 Å². The highest BCUT2D eigenvalue weighted by Crippen LogP contribution is 2.19. The average Bonchev–Trinajstić information content (AvgIpc) is 3.11. The number of hydrogen-bond acceptors (Lipinski definition) is 4. The van der Waals surface area contributed by atoms with Crippen LogP contribution in [0.25, 0.3) is 11.4 Å². The highest BCUT2D eigenvalue weighted by atomic mass is 35.5. The van der Waals surface area contributed by atoms with Crippen LogP contribution < -0.4 is 0 Å². The lowest BCUT2D eigenvalue weighted by molar-refractivity contribution is -0.130. The highest BCUT2D eigenvalue weighted by molar-refractivity contribution is 6.30. The van der Waals surface area contributed by atoms with Gasteiger partial charge in [-0.05, 0) is 36.8 Å². The number of aromatic nitrogens is 2. The molecular weight excluding hydrogens is 350 g/mol. The molecule has 1 amide bonds. The Hall–Kier alpha value is -2.66. The number of nitrogens with zero attached hydrogens (tertiary/aromatic N) is 3. The Morgan fingerprint density at radius 1 is 1.12 bits per heavy atom. The fraction of sp³-hybridized carbons (Fsp3) is 0.250. The molecule has 5 nitrogen and oxygen atoms in total. The predicted octanol–water partition coefficient (Wildman–Crippen LogP) is 4.29. The van der Waals surface area contributed by atoms with E-state index >= 15 is 0 Å². The van der Waals surface area contributed by atoms with E-state index in [-0.39, 0.29) is 5.91 Å². The molecule has 0 spiro atoms. The van der Waals surface area contributed by atoms with Gasteiger partial charge in [0.2, 0.25) is 17.6 Å². The van der Waals surface area contributed by atoms with E-state index in [1.54, 1.807) is 24.1 Å². The molecule has 26 heavy (non-hydrogen) atoms. The van der Waals surface area contributed by atoms with E-state index < -0.39 is 0 Å². The van der Waals surface area contributed by atoms with Crippen molar-refractivity contribution in [3.8, 4) is 11.4 Å². The van der Waals surface area contributed by atoms with Crippen LogP contribution in [0.5, 0.6) is 0 Å². The summed E-state index contributed by atoms with van der Waals surface area (Å²) >= 11 is 5.88. The number of amides is 1. The summed E-state index contributed by atoms with van der Waals surface area (Å²) in [5, 5.41) is 4.61. The maximum absolute atomic E-state index is 12.3. The van der Waals surface area contributed by atoms with Crippen LogP contribution in [0.3, 0.4) is 0 Å². The zero-order valence-electron chi connectivity index (χ0n) is 14.8. The van der Waals surface area contributed by atoms with Gasteiger partial charge in [-0.25, -0.2) is 0 Å². The third-order valence-electron chi connectivity index (χ3n) is 4.09. The standard InChI is InChI=1S/C20H20ClN3O2/c1-14-3-5-15(6-4-14)13-24(2)19(25)12-11-18-22-20(23-26-18)16-7-9-17(21)10-8-16/h3-10H,11-13H2,1-2H3. The van der Waals surface area contributed by atoms with Crippen LogP contribution in [0.15, 0.2) is 53.1 Å². The minimum absolute atomic E-state index is 0.0387. The van der Waals surface area contributed by atoms with Crippen molar-refractivity contribution in [2.75, 3.05) is 7.05 Å². The molecule has 3 aromatic rings. The maximum Gasteiger partial charge on any atom is 0.227 e. The number of carbonyl (C=O) groups excluding carboxylic acids is 1. The first kappa shape index (κ1) is 18.1. The van der Waals surface area contributed by atoms with Gasteiger partial charge in [-0.15, -0.1) is 0 Å². The summed E-state index contributed by atoms with van der Waals surface area (Å²) < 4.78 is 5.25. The molecule has 0 aliphatic heterocycles. The molecule has 0 atom stereocenters. The SMILES string of the molecule is Cc1ccc(CN(C)C(=O)CCc2nc(-c3ccc(Cl)cc3)no2)cc1. The molecule has 6 heteroatoms. The summed E-state index contributed by atoms with van der Waals surface area (Å²) in [6, 6.07) is 15.4. The number of hydrogen-bond donors (Lipinski definition) is 0. The van der Waals surface area contributed by atoms with Crippen LogP contribution in [0.4, 0.5) is 0 Å². The fourth-order valence-electron chi connectivity index (χ4n) is 2.53. The number of benzene rings is 2. The molecule has 0 N–H and O–H groups in total. The largest absolute Gasteiger partial charge is 0.341 e. The van der Waals surface area contributed by atoms with Gasteiger partial charge in [0, 0.05) is 37.0 Å². The number of rotatable bonds is 6. The lowest BCUT2D eigenvalue weighted by Gasteiger charge is -2.17. The predicted molar refractivity (Wildman–Crippen MR) is 101 cm³/mol. The van der Waals surface area contributed by atoms with Gasteiger partial charge in [0.05, 0.1) is 0 Å². The van der Waals surface area contributed by atoms with E-state index in [4.69, 9.17) is 16.1 Å². The van der Waals surface area contributed by atoms with Gasteiger partial charge in [-0.3, -0.25) is 4.79 Å². The summed E-state index contributed by atoms with van der Waals surface area (Å²) in [6.45, 7) is 2.63. The number of halogens is 1. The molecule has 0 saturated carbocycles. The summed E-state index contributed by atoms with van der Waals surface area (Å²) in [4.78, 5) is 18.4. The zero-order valence-corrected chi connectivity index (χ0v) is 15.5. The average molecular weight is 370 g/mol. The second-order valence-corrected chi connectivity index (χ2v) is 6.69. The van der Waals surface area contributed by atoms with Gasteiger partial charge in [0.25, 0.3) is 0 Å². The normalized spacial score (nSPS) is 10.7. The third-order valence-corrected chi connectivity index (χ3v) is 4.34. The molecule has 0 aliphatic carbocycles. The van der Waals surface area contributed by atoms with Crippen molar-refractivity contribution in [2.45, 2.75) is 26.3 Å². The van der Waals surface area contributed by atoms with Gasteiger partial charge >= 0.3 is 0 Å². The zero-order chi connectivity index (χ0) is 18.5. The van der Waals surface area contributed by atoms with E-state index in [0.717, 1.165) is 11.1 Å². The van der Waals surface area contributed by atoms with Crippen LogP contribution in [0.2, 0.25) is 5.02 Å². The number of carbonyl (C=O) groups is 1. The molecule has 1 heterocycles. The van der Waals surface area contributed by atoms with Crippen molar-refractivity contribution < 1.29 is 9.32 Å². The van der Waals surface area contributed by atoms with Crippen molar-refractivity contribution >= 4 is 17.5 Å². The molecule has 3 rings (SSSR count). The van der Waals surface area contributed by atoms with E-state index in [0.29, 0.717) is 36.1 Å². The van der Waals surface area contributed by atoms with E-state index in [9.17, 15) is 4.79 Å². The minimum atomic E-state index is 0.0387. The summed E-state index contributed by atoms with van der Waals surface area (Å²) in [6.07, 6.45) is 0.738. The van der Waals surface area contributed by atoms with Crippen LogP contribution in [-0.2, 0) is 17.8 Å². The molecule has 2 aromatic carbocycles. The van der Waals surface area contributed by atoms with E-state index in [2.05, 4.69) is 10.1 Å². The molecule has 0 radical (unpaired) electrons. The molecule has 134 valence electrons. The Morgan fingerprint density at radius 2 is 1.81 bits per heavy atom. The molecule has 0 saturated heterocycles. The molecule has 0 bridgehead atoms. The smallest absolute Gasteiger partial charge is 0.227 e. The summed E-state index contributed by atoms with van der Waals surface area (Å²) in [7, 11) is 1.80. The van der Waals surface area contributed by atoms with Gasteiger partial charge in [-0.1, -0.05) is 46.6 Å². The Bertz CT molecular complexity index is 873. The Balaban J connectivity index is 1.54. The first-order valence-electron chi connectivity index (χ1n) is 8.39. The molecule has 0 unspecified atom stereocenters. The first-order chi connectivity index (χ1) is 12.5. The van der Waals surface area contributed by atoms with Crippen LogP contribution in [-0.4, -0.2) is 28.0 Å². The van der Waals surface area contributed by atoms with Crippen molar-refractivity contribution in [3.63, 3.8) is 0 Å². The Labute approximate surface area is 157 Å². The quantitative estimate of drug-likeness (QED) is 0.650. The second kappa shape index (κ2) is 8.15. The summed E-state index contributed by atoms with van der Waals surface area (Å²) in [5.41, 5.74) is 3.14. The first-order valence-corrected chi connectivity index (χ1v) is 8.77. The van der Waals surface area contributed by atoms with Crippen molar-refractivity contribution in [2.24, 2.45) is 0 Å².